The van der Waals surface area contributed by atoms with Gasteiger partial charge in [0, 0.05) is 5.54 Å². The Morgan fingerprint density at radius 1 is 0.650 bits per heavy atom. The molecule has 0 amide bonds. The van der Waals surface area contributed by atoms with Gasteiger partial charge in [0.05, 0.1) is 5.60 Å². The average molecular weight is 286 g/mol. The lowest BCUT2D eigenvalue weighted by molar-refractivity contribution is -0.0352. The summed E-state index contributed by atoms with van der Waals surface area (Å²) in [4.78, 5) is 0. The molecule has 0 bridgehead atoms. The molecule has 2 nitrogen and oxygen atoms in total. The molecule has 0 saturated carbocycles. The van der Waals surface area contributed by atoms with Crippen molar-refractivity contribution < 1.29 is 5.11 Å². The highest BCUT2D eigenvalue weighted by atomic mass is 16.3. The zero-order valence-electron chi connectivity index (χ0n) is 15.6. The van der Waals surface area contributed by atoms with E-state index in [2.05, 4.69) is 55.4 Å². The first-order valence-electron chi connectivity index (χ1n) is 7.88. The van der Waals surface area contributed by atoms with Crippen LogP contribution in [0, 0.1) is 16.2 Å². The zero-order chi connectivity index (χ0) is 16.6. The van der Waals surface area contributed by atoms with Crippen LogP contribution in [0.4, 0.5) is 0 Å². The zero-order valence-corrected chi connectivity index (χ0v) is 15.6. The van der Waals surface area contributed by atoms with Crippen molar-refractivity contribution in [2.75, 3.05) is 0 Å². The molecule has 0 atom stereocenters. The first kappa shape index (κ1) is 19.9. The van der Waals surface area contributed by atoms with E-state index in [1.165, 1.54) is 0 Å². The van der Waals surface area contributed by atoms with Crippen LogP contribution in [-0.2, 0) is 0 Å². The molecule has 0 spiro atoms. The SMILES string of the molecule is CC(C)(N)CC(C)(C)CC(C)(C)C(C)(C)CC(C)(C)O. The average Bonchev–Trinajstić information content (AvgIpc) is 1.88. The van der Waals surface area contributed by atoms with Crippen LogP contribution >= 0.6 is 0 Å². The van der Waals surface area contributed by atoms with Gasteiger partial charge in [-0.05, 0) is 63.2 Å². The second kappa shape index (κ2) is 5.61. The third kappa shape index (κ3) is 7.08. The number of hydrogen-bond donors (Lipinski definition) is 2. The number of aliphatic hydroxyl groups is 1. The van der Waals surface area contributed by atoms with Crippen molar-refractivity contribution >= 4 is 0 Å². The van der Waals surface area contributed by atoms with Gasteiger partial charge < -0.3 is 10.8 Å². The standard InChI is InChI=1S/C18H39NO/c1-14(2,12-17(7,8)19)11-15(3,4)16(5,6)13-18(9,10)20/h20H,11-13,19H2,1-10H3. The van der Waals surface area contributed by atoms with Crippen molar-refractivity contribution in [1.29, 1.82) is 0 Å². The summed E-state index contributed by atoms with van der Waals surface area (Å²) in [5.74, 6) is 0. The summed E-state index contributed by atoms with van der Waals surface area (Å²) >= 11 is 0. The van der Waals surface area contributed by atoms with Gasteiger partial charge in [-0.25, -0.2) is 0 Å². The predicted molar refractivity (Wildman–Crippen MR) is 89.8 cm³/mol. The van der Waals surface area contributed by atoms with E-state index in [9.17, 15) is 5.11 Å². The topological polar surface area (TPSA) is 46.2 Å². The molecule has 3 N–H and O–H groups in total. The fraction of sp³-hybridized carbons (Fsp3) is 1.00. The van der Waals surface area contributed by atoms with Gasteiger partial charge in [0.2, 0.25) is 0 Å². The van der Waals surface area contributed by atoms with Gasteiger partial charge in [-0.3, -0.25) is 0 Å². The molecule has 2 heteroatoms. The minimum absolute atomic E-state index is 0.0707. The van der Waals surface area contributed by atoms with Crippen LogP contribution < -0.4 is 5.73 Å². The molecule has 0 fully saturated rings. The molecule has 0 aliphatic carbocycles. The van der Waals surface area contributed by atoms with E-state index in [-0.39, 0.29) is 21.8 Å². The first-order valence-corrected chi connectivity index (χ1v) is 7.88. The molecule has 20 heavy (non-hydrogen) atoms. The van der Waals surface area contributed by atoms with E-state index in [4.69, 9.17) is 5.73 Å². The molecule has 0 radical (unpaired) electrons. The minimum Gasteiger partial charge on any atom is -0.390 e. The molecule has 0 aromatic heterocycles. The molecule has 0 saturated heterocycles. The Morgan fingerprint density at radius 3 is 1.30 bits per heavy atom. The van der Waals surface area contributed by atoms with Gasteiger partial charge in [0.25, 0.3) is 0 Å². The van der Waals surface area contributed by atoms with E-state index in [0.717, 1.165) is 19.3 Å². The Morgan fingerprint density at radius 2 is 1.00 bits per heavy atom. The maximum Gasteiger partial charge on any atom is 0.0597 e. The van der Waals surface area contributed by atoms with Gasteiger partial charge in [-0.15, -0.1) is 0 Å². The van der Waals surface area contributed by atoms with Crippen LogP contribution in [0.5, 0.6) is 0 Å². The highest BCUT2D eigenvalue weighted by Crippen LogP contribution is 2.51. The molecular weight excluding hydrogens is 246 g/mol. The minimum atomic E-state index is -0.627. The largest absolute Gasteiger partial charge is 0.390 e. The van der Waals surface area contributed by atoms with Crippen LogP contribution in [0.2, 0.25) is 0 Å². The van der Waals surface area contributed by atoms with Gasteiger partial charge in [-0.1, -0.05) is 41.5 Å². The van der Waals surface area contributed by atoms with Crippen molar-refractivity contribution in [1.82, 2.24) is 0 Å². The molecule has 0 heterocycles. The fourth-order valence-electron chi connectivity index (χ4n) is 4.05. The van der Waals surface area contributed by atoms with E-state index in [1.54, 1.807) is 0 Å². The quantitative estimate of drug-likeness (QED) is 0.709. The van der Waals surface area contributed by atoms with Crippen LogP contribution in [-0.4, -0.2) is 16.2 Å². The highest BCUT2D eigenvalue weighted by molar-refractivity contribution is 4.95. The Labute approximate surface area is 127 Å². The molecule has 0 aliphatic heterocycles. The molecule has 0 unspecified atom stereocenters. The Bertz CT molecular complexity index is 313. The van der Waals surface area contributed by atoms with Crippen molar-refractivity contribution in [2.24, 2.45) is 22.0 Å². The molecule has 0 aromatic rings. The molecule has 0 rings (SSSR count). The monoisotopic (exact) mass is 285 g/mol. The summed E-state index contributed by atoms with van der Waals surface area (Å²) in [5, 5.41) is 10.2. The van der Waals surface area contributed by atoms with Crippen molar-refractivity contribution in [3.63, 3.8) is 0 Å². The van der Waals surface area contributed by atoms with E-state index in [1.807, 2.05) is 13.8 Å². The van der Waals surface area contributed by atoms with Crippen molar-refractivity contribution in [2.45, 2.75) is 99.6 Å². The summed E-state index contributed by atoms with van der Waals surface area (Å²) < 4.78 is 0. The van der Waals surface area contributed by atoms with E-state index in [0.29, 0.717) is 0 Å². The predicted octanol–water partition coefficient (Wildman–Crippen LogP) is 4.74. The fourth-order valence-corrected chi connectivity index (χ4v) is 4.05. The van der Waals surface area contributed by atoms with Crippen LogP contribution in [0.25, 0.3) is 0 Å². The maximum atomic E-state index is 10.2. The summed E-state index contributed by atoms with van der Waals surface area (Å²) in [7, 11) is 0. The van der Waals surface area contributed by atoms with Gasteiger partial charge in [0.1, 0.15) is 0 Å². The van der Waals surface area contributed by atoms with Gasteiger partial charge in [-0.2, -0.15) is 0 Å². The normalized spacial score (nSPS) is 15.6. The van der Waals surface area contributed by atoms with E-state index < -0.39 is 5.60 Å². The van der Waals surface area contributed by atoms with Gasteiger partial charge >= 0.3 is 0 Å². The summed E-state index contributed by atoms with van der Waals surface area (Å²) in [6, 6.07) is 0. The first-order chi connectivity index (χ1) is 8.37. The molecule has 0 aromatic carbocycles. The lowest BCUT2D eigenvalue weighted by Gasteiger charge is -2.49. The Hall–Kier alpha value is -0.0800. The smallest absolute Gasteiger partial charge is 0.0597 e. The second-order valence-corrected chi connectivity index (χ2v) is 10.3. The molecule has 122 valence electrons. The lowest BCUT2D eigenvalue weighted by Crippen LogP contribution is -2.44. The van der Waals surface area contributed by atoms with Crippen LogP contribution in [0.1, 0.15) is 88.5 Å². The third-order valence-corrected chi connectivity index (χ3v) is 4.56. The Kier molecular flexibility index (Phi) is 5.58. The number of hydrogen-bond acceptors (Lipinski definition) is 2. The van der Waals surface area contributed by atoms with Gasteiger partial charge in [0.15, 0.2) is 0 Å². The number of nitrogens with two attached hydrogens (primary N) is 1. The van der Waals surface area contributed by atoms with E-state index >= 15 is 0 Å². The summed E-state index contributed by atoms with van der Waals surface area (Å²) in [6.45, 7) is 21.8. The van der Waals surface area contributed by atoms with Crippen LogP contribution in [0.15, 0.2) is 0 Å². The summed E-state index contributed by atoms with van der Waals surface area (Å²) in [5.41, 5.74) is 5.85. The van der Waals surface area contributed by atoms with Crippen molar-refractivity contribution in [3.05, 3.63) is 0 Å². The number of rotatable bonds is 7. The lowest BCUT2D eigenvalue weighted by atomic mass is 9.57. The molecular formula is C18H39NO. The third-order valence-electron chi connectivity index (χ3n) is 4.56. The molecule has 0 aliphatic rings. The van der Waals surface area contributed by atoms with Crippen LogP contribution in [0.3, 0.4) is 0 Å². The Balaban J connectivity index is 5.05. The summed E-state index contributed by atoms with van der Waals surface area (Å²) in [6.07, 6.45) is 2.90. The second-order valence-electron chi connectivity index (χ2n) is 10.3. The highest BCUT2D eigenvalue weighted by Gasteiger charge is 2.43. The maximum absolute atomic E-state index is 10.2. The van der Waals surface area contributed by atoms with Crippen molar-refractivity contribution in [3.8, 4) is 0 Å².